The summed E-state index contributed by atoms with van der Waals surface area (Å²) in [4.78, 5) is 12.2. The first-order valence-electron chi connectivity index (χ1n) is 7.97. The lowest BCUT2D eigenvalue weighted by Gasteiger charge is -2.30. The summed E-state index contributed by atoms with van der Waals surface area (Å²) in [6.45, 7) is 5.93. The molecule has 25 heavy (non-hydrogen) atoms. The third-order valence-corrected chi connectivity index (χ3v) is 6.88. The van der Waals surface area contributed by atoms with Crippen LogP contribution in [-0.4, -0.2) is 33.6 Å². The van der Waals surface area contributed by atoms with Crippen molar-refractivity contribution in [1.29, 1.82) is 0 Å². The molecular formula is C17H24N2O4S2. The Morgan fingerprint density at radius 3 is 2.56 bits per heavy atom. The van der Waals surface area contributed by atoms with Gasteiger partial charge in [0.05, 0.1) is 7.11 Å². The summed E-state index contributed by atoms with van der Waals surface area (Å²) in [5.41, 5.74) is 5.03. The molecule has 0 saturated carbocycles. The molecule has 0 radical (unpaired) electrons. The minimum absolute atomic E-state index is 0.0385. The van der Waals surface area contributed by atoms with Crippen molar-refractivity contribution in [2.45, 2.75) is 37.6 Å². The van der Waals surface area contributed by atoms with E-state index < -0.39 is 21.5 Å². The molecule has 0 aliphatic carbocycles. The fraction of sp³-hybridized carbons (Fsp3) is 0.471. The van der Waals surface area contributed by atoms with Crippen molar-refractivity contribution in [2.75, 3.05) is 13.7 Å². The van der Waals surface area contributed by atoms with Crippen LogP contribution in [0.15, 0.2) is 29.2 Å². The van der Waals surface area contributed by atoms with Crippen LogP contribution in [0.2, 0.25) is 0 Å². The fourth-order valence-corrected chi connectivity index (χ4v) is 6.21. The van der Waals surface area contributed by atoms with Gasteiger partial charge in [-0.25, -0.2) is 17.9 Å². The van der Waals surface area contributed by atoms with Crippen LogP contribution < -0.4 is 10.5 Å². The van der Waals surface area contributed by atoms with Gasteiger partial charge in [-0.2, -0.15) is 0 Å². The molecule has 1 aromatic heterocycles. The molecule has 1 aromatic carbocycles. The lowest BCUT2D eigenvalue weighted by Crippen LogP contribution is -2.52. The first-order chi connectivity index (χ1) is 11.6. The van der Waals surface area contributed by atoms with Crippen molar-refractivity contribution < 1.29 is 17.9 Å². The molecular weight excluding hydrogens is 360 g/mol. The third kappa shape index (κ3) is 4.20. The van der Waals surface area contributed by atoms with Crippen LogP contribution in [-0.2, 0) is 14.8 Å². The Kier molecular flexibility index (Phi) is 5.88. The highest BCUT2D eigenvalue weighted by Crippen LogP contribution is 2.36. The maximum Gasteiger partial charge on any atom is 0.349 e. The molecule has 8 heteroatoms. The number of carbonyl (C=O) groups excluding carboxylic acids is 1. The molecule has 6 nitrogen and oxygen atoms in total. The van der Waals surface area contributed by atoms with Gasteiger partial charge >= 0.3 is 5.97 Å². The zero-order valence-corrected chi connectivity index (χ0v) is 16.5. The lowest BCUT2D eigenvalue weighted by molar-refractivity contribution is 0.0602. The van der Waals surface area contributed by atoms with Gasteiger partial charge in [0.1, 0.15) is 9.77 Å². The summed E-state index contributed by atoms with van der Waals surface area (Å²) < 4.78 is 34.5. The number of methoxy groups -OCH3 is 1. The minimum Gasteiger partial charge on any atom is -0.465 e. The van der Waals surface area contributed by atoms with Crippen molar-refractivity contribution >= 4 is 37.4 Å². The van der Waals surface area contributed by atoms with E-state index in [2.05, 4.69) is 4.72 Å². The average molecular weight is 385 g/mol. The molecule has 0 fully saturated rings. The zero-order valence-electron chi connectivity index (χ0n) is 14.8. The van der Waals surface area contributed by atoms with Crippen molar-refractivity contribution in [2.24, 2.45) is 11.7 Å². The van der Waals surface area contributed by atoms with Gasteiger partial charge < -0.3 is 10.5 Å². The van der Waals surface area contributed by atoms with Gasteiger partial charge in [0.15, 0.2) is 0 Å². The largest absolute Gasteiger partial charge is 0.465 e. The van der Waals surface area contributed by atoms with Crippen LogP contribution in [0.1, 0.15) is 36.9 Å². The molecule has 138 valence electrons. The van der Waals surface area contributed by atoms with Crippen molar-refractivity contribution in [1.82, 2.24) is 4.72 Å². The molecule has 0 bridgehead atoms. The topological polar surface area (TPSA) is 98.5 Å². The second kappa shape index (κ2) is 7.41. The smallest absolute Gasteiger partial charge is 0.349 e. The van der Waals surface area contributed by atoms with Crippen LogP contribution in [0, 0.1) is 5.92 Å². The van der Waals surface area contributed by atoms with E-state index in [1.165, 1.54) is 7.11 Å². The number of thiophene rings is 1. The second-order valence-corrected chi connectivity index (χ2v) is 9.39. The number of hydrogen-bond donors (Lipinski definition) is 2. The Labute approximate surface area is 152 Å². The summed E-state index contributed by atoms with van der Waals surface area (Å²) in [6.07, 6.45) is 0.582. The van der Waals surface area contributed by atoms with Crippen LogP contribution >= 0.6 is 11.3 Å². The van der Waals surface area contributed by atoms with Gasteiger partial charge in [-0.15, -0.1) is 11.3 Å². The lowest BCUT2D eigenvalue weighted by atomic mass is 9.92. The summed E-state index contributed by atoms with van der Waals surface area (Å²) >= 11 is 1.11. The molecule has 0 aliphatic rings. The number of ether oxygens (including phenoxy) is 1. The normalized spacial score (nSPS) is 14.6. The number of fused-ring (bicyclic) bond motifs is 1. The number of nitrogens with two attached hydrogens (primary N) is 1. The third-order valence-electron chi connectivity index (χ3n) is 3.88. The highest BCUT2D eigenvalue weighted by molar-refractivity contribution is 7.90. The van der Waals surface area contributed by atoms with Crippen LogP contribution in [0.4, 0.5) is 0 Å². The summed E-state index contributed by atoms with van der Waals surface area (Å²) in [7, 11) is -2.73. The number of benzene rings is 1. The maximum absolute atomic E-state index is 13.1. The highest BCUT2D eigenvalue weighted by atomic mass is 32.2. The van der Waals surface area contributed by atoms with Gasteiger partial charge in [0, 0.05) is 22.2 Å². The molecule has 0 aliphatic heterocycles. The second-order valence-electron chi connectivity index (χ2n) is 6.72. The molecule has 2 rings (SSSR count). The monoisotopic (exact) mass is 384 g/mol. The molecule has 0 amide bonds. The van der Waals surface area contributed by atoms with Crippen molar-refractivity contribution in [3.05, 3.63) is 29.1 Å². The molecule has 1 heterocycles. The van der Waals surface area contributed by atoms with Crippen molar-refractivity contribution in [3.63, 3.8) is 0 Å². The molecule has 3 N–H and O–H groups in total. The number of sulfonamides is 1. The quantitative estimate of drug-likeness (QED) is 0.715. The van der Waals surface area contributed by atoms with E-state index >= 15 is 0 Å². The highest BCUT2D eigenvalue weighted by Gasteiger charge is 2.35. The van der Waals surface area contributed by atoms with Gasteiger partial charge in [0.25, 0.3) is 0 Å². The molecule has 2 aromatic rings. The standard InChI is InChI=1S/C17H24N2O4S2/c1-11(2)9-17(3,10-18)19-25(21,22)15-12-7-5-6-8-13(12)24-14(15)16(20)23-4/h5-8,11,19H,9-10,18H2,1-4H3. The average Bonchev–Trinajstić information content (AvgIpc) is 2.93. The fourth-order valence-electron chi connectivity index (χ4n) is 2.96. The SMILES string of the molecule is COC(=O)c1sc2ccccc2c1S(=O)(=O)NC(C)(CN)CC(C)C. The Morgan fingerprint density at radius 1 is 1.36 bits per heavy atom. The number of rotatable bonds is 7. The number of hydrogen-bond acceptors (Lipinski definition) is 6. The van der Waals surface area contributed by atoms with Gasteiger partial charge in [-0.3, -0.25) is 0 Å². The maximum atomic E-state index is 13.1. The van der Waals surface area contributed by atoms with E-state index in [4.69, 9.17) is 10.5 Å². The summed E-state index contributed by atoms with van der Waals surface area (Å²) in [5.74, 6) is -0.407. The van der Waals surface area contributed by atoms with E-state index in [0.717, 1.165) is 11.3 Å². The Balaban J connectivity index is 2.60. The Bertz CT molecular complexity index is 874. The van der Waals surface area contributed by atoms with E-state index in [1.807, 2.05) is 13.8 Å². The van der Waals surface area contributed by atoms with Gasteiger partial charge in [-0.05, 0) is 25.3 Å². The molecule has 0 spiro atoms. The Morgan fingerprint density at radius 2 is 2.00 bits per heavy atom. The van der Waals surface area contributed by atoms with E-state index in [9.17, 15) is 13.2 Å². The van der Waals surface area contributed by atoms with Crippen LogP contribution in [0.5, 0.6) is 0 Å². The number of esters is 1. The summed E-state index contributed by atoms with van der Waals surface area (Å²) in [5, 5.41) is 0.504. The number of nitrogens with one attached hydrogen (secondary N) is 1. The van der Waals surface area contributed by atoms with Gasteiger partial charge in [0.2, 0.25) is 10.0 Å². The molecule has 1 atom stereocenters. The van der Waals surface area contributed by atoms with Crippen molar-refractivity contribution in [3.8, 4) is 0 Å². The first-order valence-corrected chi connectivity index (χ1v) is 10.3. The van der Waals surface area contributed by atoms with E-state index in [1.54, 1.807) is 31.2 Å². The zero-order chi connectivity index (χ0) is 18.8. The molecule has 1 unspecified atom stereocenters. The summed E-state index contributed by atoms with van der Waals surface area (Å²) in [6, 6.07) is 7.01. The predicted molar refractivity (Wildman–Crippen MR) is 100 cm³/mol. The number of carbonyl (C=O) groups is 1. The minimum atomic E-state index is -3.97. The van der Waals surface area contributed by atoms with Crippen LogP contribution in [0.3, 0.4) is 0 Å². The predicted octanol–water partition coefficient (Wildman–Crippen LogP) is 2.73. The van der Waals surface area contributed by atoms with E-state index in [0.29, 0.717) is 16.5 Å². The Hall–Kier alpha value is -1.48. The van der Waals surface area contributed by atoms with Crippen LogP contribution in [0.25, 0.3) is 10.1 Å². The van der Waals surface area contributed by atoms with Gasteiger partial charge in [-0.1, -0.05) is 32.0 Å². The molecule has 0 saturated heterocycles. The van der Waals surface area contributed by atoms with E-state index in [-0.39, 0.29) is 22.2 Å². The first kappa shape index (κ1) is 19.8.